The van der Waals surface area contributed by atoms with Crippen molar-refractivity contribution in [2.45, 2.75) is 0 Å². The van der Waals surface area contributed by atoms with Crippen LogP contribution < -0.4 is 11.3 Å². The fourth-order valence-corrected chi connectivity index (χ4v) is 2.06. The van der Waals surface area contributed by atoms with Gasteiger partial charge in [-0.15, -0.1) is 11.3 Å². The molecule has 0 aliphatic heterocycles. The number of nitrogens with one attached hydrogen (secondary N) is 1. The van der Waals surface area contributed by atoms with E-state index in [0.717, 1.165) is 17.5 Å². The maximum Gasteiger partial charge on any atom is 0.275 e. The summed E-state index contributed by atoms with van der Waals surface area (Å²) in [6.45, 7) is 0. The number of pyridine rings is 1. The predicted octanol–water partition coefficient (Wildman–Crippen LogP) is 1.04. The molecule has 0 spiro atoms. The first-order chi connectivity index (χ1) is 6.72. The second-order valence-electron chi connectivity index (χ2n) is 2.62. The van der Waals surface area contributed by atoms with Crippen LogP contribution in [0.15, 0.2) is 18.5 Å². The summed E-state index contributed by atoms with van der Waals surface area (Å²) in [6.07, 6.45) is 2.62. The summed E-state index contributed by atoms with van der Waals surface area (Å²) in [5.74, 6) is 4.10. The summed E-state index contributed by atoms with van der Waals surface area (Å²) in [4.78, 5) is 15.2. The Bertz CT molecular complexity index is 496. The SMILES string of the molecule is NNC(=O)c1cc2c(F)cncc2s1. The summed E-state index contributed by atoms with van der Waals surface area (Å²) in [5, 5.41) is 0.392. The van der Waals surface area contributed by atoms with E-state index in [1.807, 2.05) is 5.43 Å². The average molecular weight is 211 g/mol. The molecule has 4 nitrogen and oxygen atoms in total. The maximum atomic E-state index is 13.1. The zero-order valence-corrected chi connectivity index (χ0v) is 7.77. The van der Waals surface area contributed by atoms with Gasteiger partial charge in [0, 0.05) is 11.6 Å². The quantitative estimate of drug-likeness (QED) is 0.420. The van der Waals surface area contributed by atoms with Crippen molar-refractivity contribution in [3.8, 4) is 0 Å². The van der Waals surface area contributed by atoms with Gasteiger partial charge in [-0.05, 0) is 6.07 Å². The molecule has 3 N–H and O–H groups in total. The van der Waals surface area contributed by atoms with Crippen molar-refractivity contribution in [3.05, 3.63) is 29.2 Å². The van der Waals surface area contributed by atoms with Crippen molar-refractivity contribution in [2.24, 2.45) is 5.84 Å². The van der Waals surface area contributed by atoms with E-state index in [1.54, 1.807) is 0 Å². The van der Waals surface area contributed by atoms with Crippen molar-refractivity contribution in [1.29, 1.82) is 0 Å². The maximum absolute atomic E-state index is 13.1. The van der Waals surface area contributed by atoms with Crippen LogP contribution in [0.1, 0.15) is 9.67 Å². The lowest BCUT2D eigenvalue weighted by Crippen LogP contribution is -2.29. The number of rotatable bonds is 1. The Labute approximate surface area is 82.5 Å². The third-order valence-corrected chi connectivity index (χ3v) is 2.82. The molecule has 0 aliphatic carbocycles. The van der Waals surface area contributed by atoms with Crippen molar-refractivity contribution in [2.75, 3.05) is 0 Å². The number of nitrogens with two attached hydrogens (primary N) is 1. The lowest BCUT2D eigenvalue weighted by molar-refractivity contribution is 0.0958. The van der Waals surface area contributed by atoms with E-state index < -0.39 is 11.7 Å². The molecule has 14 heavy (non-hydrogen) atoms. The molecule has 0 bridgehead atoms. The number of thiophene rings is 1. The van der Waals surface area contributed by atoms with Crippen molar-refractivity contribution < 1.29 is 9.18 Å². The van der Waals surface area contributed by atoms with Crippen LogP contribution in [-0.4, -0.2) is 10.9 Å². The van der Waals surface area contributed by atoms with Crippen molar-refractivity contribution in [3.63, 3.8) is 0 Å². The minimum Gasteiger partial charge on any atom is -0.289 e. The van der Waals surface area contributed by atoms with Gasteiger partial charge in [-0.3, -0.25) is 15.2 Å². The highest BCUT2D eigenvalue weighted by molar-refractivity contribution is 7.20. The molecule has 2 aromatic heterocycles. The predicted molar refractivity (Wildman–Crippen MR) is 51.2 cm³/mol. The lowest BCUT2D eigenvalue weighted by atomic mass is 10.3. The van der Waals surface area contributed by atoms with E-state index in [0.29, 0.717) is 15.0 Å². The van der Waals surface area contributed by atoms with Gasteiger partial charge in [0.2, 0.25) is 0 Å². The van der Waals surface area contributed by atoms with Crippen LogP contribution in [0.4, 0.5) is 4.39 Å². The molecule has 0 aliphatic rings. The minimum atomic E-state index is -0.435. The third-order valence-electron chi connectivity index (χ3n) is 1.75. The molecule has 2 heterocycles. The van der Waals surface area contributed by atoms with Gasteiger partial charge in [0.05, 0.1) is 15.8 Å². The molecule has 6 heteroatoms. The van der Waals surface area contributed by atoms with E-state index in [2.05, 4.69) is 4.98 Å². The van der Waals surface area contributed by atoms with Crippen molar-refractivity contribution in [1.82, 2.24) is 10.4 Å². The molecule has 0 fully saturated rings. The van der Waals surface area contributed by atoms with E-state index >= 15 is 0 Å². The largest absolute Gasteiger partial charge is 0.289 e. The number of fused-ring (bicyclic) bond motifs is 1. The fraction of sp³-hybridized carbons (Fsp3) is 0. The zero-order valence-electron chi connectivity index (χ0n) is 6.95. The van der Waals surface area contributed by atoms with Crippen LogP contribution >= 0.6 is 11.3 Å². The van der Waals surface area contributed by atoms with Gasteiger partial charge in [-0.2, -0.15) is 0 Å². The molecule has 2 aromatic rings. The van der Waals surface area contributed by atoms with Crippen LogP contribution in [0.3, 0.4) is 0 Å². The highest BCUT2D eigenvalue weighted by Gasteiger charge is 2.11. The zero-order chi connectivity index (χ0) is 10.1. The Morgan fingerprint density at radius 1 is 1.57 bits per heavy atom. The first-order valence-corrected chi connectivity index (χ1v) is 4.58. The normalized spacial score (nSPS) is 10.4. The molecule has 1 amide bonds. The molecule has 72 valence electrons. The first-order valence-electron chi connectivity index (χ1n) is 3.76. The monoisotopic (exact) mass is 211 g/mol. The number of hydrazine groups is 1. The summed E-state index contributed by atoms with van der Waals surface area (Å²) in [7, 11) is 0. The number of nitrogen functional groups attached to an aromatic ring is 1. The summed E-state index contributed by atoms with van der Waals surface area (Å²) >= 11 is 1.15. The fourth-order valence-electron chi connectivity index (χ4n) is 1.11. The smallest absolute Gasteiger partial charge is 0.275 e. The number of hydrogen-bond acceptors (Lipinski definition) is 4. The molecule has 0 radical (unpaired) electrons. The van der Waals surface area contributed by atoms with Crippen LogP contribution in [-0.2, 0) is 0 Å². The highest BCUT2D eigenvalue weighted by atomic mass is 32.1. The number of carbonyl (C=O) groups excluding carboxylic acids is 1. The standard InChI is InChI=1S/C8H6FN3OS/c9-5-2-11-3-7-4(5)1-6(14-7)8(13)12-10/h1-3H,10H2,(H,12,13). The summed E-state index contributed by atoms with van der Waals surface area (Å²) in [5.41, 5.74) is 1.99. The third kappa shape index (κ3) is 1.34. The van der Waals surface area contributed by atoms with E-state index in [9.17, 15) is 9.18 Å². The highest BCUT2D eigenvalue weighted by Crippen LogP contribution is 2.26. The number of amides is 1. The topological polar surface area (TPSA) is 68.0 Å². The number of aromatic nitrogens is 1. The van der Waals surface area contributed by atoms with E-state index in [-0.39, 0.29) is 0 Å². The van der Waals surface area contributed by atoms with Gasteiger partial charge >= 0.3 is 0 Å². The summed E-state index contributed by atoms with van der Waals surface area (Å²) in [6, 6.07) is 1.46. The molecule has 0 saturated heterocycles. The van der Waals surface area contributed by atoms with E-state index in [1.165, 1.54) is 12.3 Å². The molecule has 0 atom stereocenters. The molecule has 0 saturated carbocycles. The summed E-state index contributed by atoms with van der Waals surface area (Å²) < 4.78 is 13.8. The Morgan fingerprint density at radius 3 is 3.00 bits per heavy atom. The van der Waals surface area contributed by atoms with Crippen LogP contribution in [0.25, 0.3) is 10.1 Å². The van der Waals surface area contributed by atoms with Crippen LogP contribution in [0.5, 0.6) is 0 Å². The van der Waals surface area contributed by atoms with Gasteiger partial charge < -0.3 is 0 Å². The second-order valence-corrected chi connectivity index (χ2v) is 3.70. The van der Waals surface area contributed by atoms with Gasteiger partial charge in [-0.1, -0.05) is 0 Å². The first kappa shape index (κ1) is 9.04. The minimum absolute atomic E-state index is 0.370. The van der Waals surface area contributed by atoms with Crippen LogP contribution in [0, 0.1) is 5.82 Å². The van der Waals surface area contributed by atoms with Gasteiger partial charge in [0.1, 0.15) is 5.82 Å². The number of carbonyl (C=O) groups is 1. The Kier molecular flexibility index (Phi) is 2.14. The molecular weight excluding hydrogens is 205 g/mol. The molecule has 2 rings (SSSR count). The molecule has 0 unspecified atom stereocenters. The van der Waals surface area contributed by atoms with Gasteiger partial charge in [0.15, 0.2) is 0 Å². The van der Waals surface area contributed by atoms with Gasteiger partial charge in [0.25, 0.3) is 5.91 Å². The van der Waals surface area contributed by atoms with Crippen molar-refractivity contribution >= 4 is 27.3 Å². The Hall–Kier alpha value is -1.53. The number of nitrogens with zero attached hydrogens (tertiary/aromatic N) is 1. The Balaban J connectivity index is 2.62. The van der Waals surface area contributed by atoms with Crippen LogP contribution in [0.2, 0.25) is 0 Å². The van der Waals surface area contributed by atoms with E-state index in [4.69, 9.17) is 5.84 Å². The number of hydrogen-bond donors (Lipinski definition) is 2. The second kappa shape index (κ2) is 3.32. The number of halogens is 1. The van der Waals surface area contributed by atoms with Gasteiger partial charge in [-0.25, -0.2) is 10.2 Å². The average Bonchev–Trinajstić information content (AvgIpc) is 2.62. The lowest BCUT2D eigenvalue weighted by Gasteiger charge is -1.90. The Morgan fingerprint density at radius 2 is 2.36 bits per heavy atom. The molecule has 0 aromatic carbocycles. The molecular formula is C8H6FN3OS.